The van der Waals surface area contributed by atoms with Gasteiger partial charge in [-0.15, -0.1) is 0 Å². The summed E-state index contributed by atoms with van der Waals surface area (Å²) in [5.41, 5.74) is 6.28. The second kappa shape index (κ2) is 5.98. The Morgan fingerprint density at radius 2 is 1.94 bits per heavy atom. The molecule has 1 atom stereocenters. The van der Waals surface area contributed by atoms with Crippen molar-refractivity contribution in [1.82, 2.24) is 0 Å². The van der Waals surface area contributed by atoms with Crippen LogP contribution in [-0.4, -0.2) is 34.4 Å². The van der Waals surface area contributed by atoms with E-state index in [1.807, 2.05) is 18.2 Å². The highest BCUT2D eigenvalue weighted by atomic mass is 32.2. The molecule has 0 spiro atoms. The fourth-order valence-corrected chi connectivity index (χ4v) is 3.05. The summed E-state index contributed by atoms with van der Waals surface area (Å²) in [6.45, 7) is 0.293. The third kappa shape index (κ3) is 3.30. The smallest absolute Gasteiger partial charge is 0.160 e. The fraction of sp³-hybridized carbons (Fsp3) is 0.455. The van der Waals surface area contributed by atoms with Crippen molar-refractivity contribution in [3.8, 4) is 0 Å². The largest absolute Gasteiger partial charge is 0.384 e. The second-order valence-corrected chi connectivity index (χ2v) is 5.80. The van der Waals surface area contributed by atoms with E-state index >= 15 is 0 Å². The molecule has 1 unspecified atom stereocenters. The molecule has 1 aromatic rings. The molecule has 1 rings (SSSR count). The van der Waals surface area contributed by atoms with Crippen LogP contribution in [0, 0.1) is 0 Å². The van der Waals surface area contributed by atoms with Gasteiger partial charge in [0.05, 0.1) is 17.6 Å². The summed E-state index contributed by atoms with van der Waals surface area (Å²) in [6.07, 6.45) is 0. The fourth-order valence-electron chi connectivity index (χ4n) is 1.50. The Hall–Kier alpha value is -0.910. The Morgan fingerprint density at radius 1 is 1.31 bits per heavy atom. The van der Waals surface area contributed by atoms with Gasteiger partial charge in [0.1, 0.15) is 0 Å². The van der Waals surface area contributed by atoms with Crippen LogP contribution in [0.2, 0.25) is 0 Å². The lowest BCUT2D eigenvalue weighted by Gasteiger charge is -2.15. The van der Waals surface area contributed by atoms with E-state index in [-0.39, 0.29) is 18.9 Å². The van der Waals surface area contributed by atoms with Gasteiger partial charge in [-0.3, -0.25) is 0 Å². The van der Waals surface area contributed by atoms with Crippen LogP contribution in [0.4, 0.5) is 0 Å². The summed E-state index contributed by atoms with van der Waals surface area (Å²) in [6, 6.07) is 9.02. The van der Waals surface area contributed by atoms with Gasteiger partial charge in [-0.1, -0.05) is 30.3 Å². The van der Waals surface area contributed by atoms with Crippen molar-refractivity contribution in [2.45, 2.75) is 5.25 Å². The molecule has 0 bridgehead atoms. The highest BCUT2D eigenvalue weighted by Crippen LogP contribution is 2.21. The molecule has 0 amide bonds. The maximum Gasteiger partial charge on any atom is 0.160 e. The molecule has 0 heterocycles. The van der Waals surface area contributed by atoms with E-state index in [1.54, 1.807) is 12.1 Å². The lowest BCUT2D eigenvalue weighted by atomic mass is 10.1. The Labute approximate surface area is 96.3 Å². The molecule has 0 aliphatic heterocycles. The number of hydrogen-bond acceptors (Lipinski definition) is 4. The van der Waals surface area contributed by atoms with Gasteiger partial charge >= 0.3 is 0 Å². The molecular weight excluding hydrogens is 226 g/mol. The second-order valence-electron chi connectivity index (χ2n) is 3.49. The van der Waals surface area contributed by atoms with Crippen LogP contribution in [0.5, 0.6) is 0 Å². The topological polar surface area (TPSA) is 69.4 Å². The number of nitrogens with two attached hydrogens (primary N) is 1. The van der Waals surface area contributed by atoms with E-state index in [4.69, 9.17) is 10.5 Å². The van der Waals surface area contributed by atoms with Crippen LogP contribution < -0.4 is 5.73 Å². The van der Waals surface area contributed by atoms with E-state index in [0.717, 1.165) is 5.56 Å². The van der Waals surface area contributed by atoms with E-state index in [9.17, 15) is 8.42 Å². The molecule has 16 heavy (non-hydrogen) atoms. The van der Waals surface area contributed by atoms with Crippen LogP contribution in [0.1, 0.15) is 10.8 Å². The number of ether oxygens (including phenoxy) is 1. The number of methoxy groups -OCH3 is 1. The van der Waals surface area contributed by atoms with Gasteiger partial charge in [0.25, 0.3) is 0 Å². The number of benzene rings is 1. The van der Waals surface area contributed by atoms with Crippen molar-refractivity contribution < 1.29 is 13.2 Å². The Balaban J connectivity index is 2.90. The lowest BCUT2D eigenvalue weighted by Crippen LogP contribution is -2.25. The highest BCUT2D eigenvalue weighted by molar-refractivity contribution is 7.91. The summed E-state index contributed by atoms with van der Waals surface area (Å²) in [4.78, 5) is 0. The van der Waals surface area contributed by atoms with Crippen molar-refractivity contribution in [2.75, 3.05) is 26.0 Å². The van der Waals surface area contributed by atoms with Crippen molar-refractivity contribution in [2.24, 2.45) is 5.73 Å². The van der Waals surface area contributed by atoms with Crippen LogP contribution in [0.15, 0.2) is 30.3 Å². The number of sulfone groups is 1. The summed E-state index contributed by atoms with van der Waals surface area (Å²) < 4.78 is 28.7. The molecule has 0 aromatic heterocycles. The number of hydrogen-bond donors (Lipinski definition) is 1. The third-order valence-electron chi connectivity index (χ3n) is 2.39. The van der Waals surface area contributed by atoms with Crippen molar-refractivity contribution >= 4 is 9.84 Å². The predicted molar refractivity (Wildman–Crippen MR) is 63.9 cm³/mol. The summed E-state index contributed by atoms with van der Waals surface area (Å²) in [7, 11) is -1.76. The Bertz CT molecular complexity index is 402. The Kier molecular flexibility index (Phi) is 4.92. The summed E-state index contributed by atoms with van der Waals surface area (Å²) in [5.74, 6) is 0.000259. The first kappa shape index (κ1) is 13.2. The minimum absolute atomic E-state index is 0.000259. The zero-order valence-electron chi connectivity index (χ0n) is 9.30. The van der Waals surface area contributed by atoms with Gasteiger partial charge in [0.2, 0.25) is 0 Å². The standard InChI is InChI=1S/C11H17NO3S/c1-15-7-8-16(13,14)11(9-12)10-5-3-2-4-6-10/h2-6,11H,7-9,12H2,1H3. The van der Waals surface area contributed by atoms with Gasteiger partial charge in [0, 0.05) is 13.7 Å². The molecule has 0 radical (unpaired) electrons. The molecule has 0 saturated heterocycles. The predicted octanol–water partition coefficient (Wildman–Crippen LogP) is 0.748. The van der Waals surface area contributed by atoms with Crippen molar-refractivity contribution in [1.29, 1.82) is 0 Å². The molecule has 90 valence electrons. The quantitative estimate of drug-likeness (QED) is 0.800. The van der Waals surface area contributed by atoms with E-state index in [1.165, 1.54) is 7.11 Å². The van der Waals surface area contributed by atoms with Crippen LogP contribution >= 0.6 is 0 Å². The molecule has 0 aliphatic rings. The van der Waals surface area contributed by atoms with Gasteiger partial charge in [0.15, 0.2) is 9.84 Å². The summed E-state index contributed by atoms with van der Waals surface area (Å²) in [5, 5.41) is -0.635. The normalized spacial score (nSPS) is 13.6. The van der Waals surface area contributed by atoms with E-state index in [2.05, 4.69) is 0 Å². The first-order valence-corrected chi connectivity index (χ1v) is 6.79. The molecule has 5 heteroatoms. The minimum atomic E-state index is -3.24. The molecule has 0 aliphatic carbocycles. The zero-order valence-corrected chi connectivity index (χ0v) is 10.1. The molecular formula is C11H17NO3S. The molecule has 0 fully saturated rings. The van der Waals surface area contributed by atoms with Gasteiger partial charge < -0.3 is 10.5 Å². The van der Waals surface area contributed by atoms with E-state index < -0.39 is 15.1 Å². The van der Waals surface area contributed by atoms with Gasteiger partial charge in [-0.25, -0.2) is 8.42 Å². The molecule has 0 saturated carbocycles. The Morgan fingerprint density at radius 3 is 2.44 bits per heavy atom. The molecule has 2 N–H and O–H groups in total. The van der Waals surface area contributed by atoms with Crippen LogP contribution in [-0.2, 0) is 14.6 Å². The molecule has 1 aromatic carbocycles. The average Bonchev–Trinajstić information content (AvgIpc) is 2.28. The number of rotatable bonds is 6. The maximum absolute atomic E-state index is 12.0. The lowest BCUT2D eigenvalue weighted by molar-refractivity contribution is 0.217. The average molecular weight is 243 g/mol. The van der Waals surface area contributed by atoms with Crippen molar-refractivity contribution in [3.05, 3.63) is 35.9 Å². The minimum Gasteiger partial charge on any atom is -0.384 e. The highest BCUT2D eigenvalue weighted by Gasteiger charge is 2.25. The van der Waals surface area contributed by atoms with Crippen LogP contribution in [0.25, 0.3) is 0 Å². The van der Waals surface area contributed by atoms with Gasteiger partial charge in [-0.2, -0.15) is 0 Å². The zero-order chi connectivity index (χ0) is 12.0. The summed E-state index contributed by atoms with van der Waals surface area (Å²) >= 11 is 0. The maximum atomic E-state index is 12.0. The third-order valence-corrected chi connectivity index (χ3v) is 4.46. The van der Waals surface area contributed by atoms with Crippen molar-refractivity contribution in [3.63, 3.8) is 0 Å². The van der Waals surface area contributed by atoms with Gasteiger partial charge in [-0.05, 0) is 5.56 Å². The first-order valence-electron chi connectivity index (χ1n) is 5.07. The SMILES string of the molecule is COCCS(=O)(=O)C(CN)c1ccccc1. The monoisotopic (exact) mass is 243 g/mol. The van der Waals surface area contributed by atoms with Crippen LogP contribution in [0.3, 0.4) is 0 Å². The first-order chi connectivity index (χ1) is 7.61. The van der Waals surface area contributed by atoms with E-state index in [0.29, 0.717) is 0 Å². The molecule has 4 nitrogen and oxygen atoms in total.